The van der Waals surface area contributed by atoms with Gasteiger partial charge in [-0.2, -0.15) is 0 Å². The number of carbonyl (C=O) groups excluding carboxylic acids is 1. The standard InChI is InChI=1S/C26H27ClN6O2/c1-32(2)13-6-14-35-25-12-10-19(16-29-25)18-9-11-22-23(15-18)30-24(17-28-22)33(3)26(34)31-21-8-5-4-7-20(21)27/h4-5,7-12,15-17H,6,13-14H2,1-3H3,(H,31,34). The molecule has 2 heterocycles. The topological polar surface area (TPSA) is 83.5 Å². The number of para-hydroxylation sites is 1. The van der Waals surface area contributed by atoms with Crippen LogP contribution in [-0.4, -0.2) is 60.2 Å². The molecule has 1 N–H and O–H groups in total. The van der Waals surface area contributed by atoms with Crippen molar-refractivity contribution in [2.75, 3.05) is 44.5 Å². The fourth-order valence-electron chi connectivity index (χ4n) is 3.40. The maximum Gasteiger partial charge on any atom is 0.327 e. The van der Waals surface area contributed by atoms with Crippen molar-refractivity contribution < 1.29 is 9.53 Å². The van der Waals surface area contributed by atoms with E-state index in [-0.39, 0.29) is 6.03 Å². The molecule has 2 amide bonds. The molecule has 0 aliphatic rings. The number of ether oxygens (including phenoxy) is 1. The van der Waals surface area contributed by atoms with Crippen LogP contribution in [0, 0.1) is 0 Å². The number of benzene rings is 2. The van der Waals surface area contributed by atoms with Crippen LogP contribution in [0.3, 0.4) is 0 Å². The third-order valence-electron chi connectivity index (χ3n) is 5.36. The van der Waals surface area contributed by atoms with Crippen molar-refractivity contribution in [3.63, 3.8) is 0 Å². The second-order valence-corrected chi connectivity index (χ2v) is 8.70. The Labute approximate surface area is 209 Å². The highest BCUT2D eigenvalue weighted by Gasteiger charge is 2.15. The van der Waals surface area contributed by atoms with Crippen molar-refractivity contribution in [1.82, 2.24) is 19.9 Å². The summed E-state index contributed by atoms with van der Waals surface area (Å²) in [6.07, 6.45) is 4.29. The van der Waals surface area contributed by atoms with Crippen LogP contribution in [0.15, 0.2) is 67.0 Å². The van der Waals surface area contributed by atoms with E-state index in [1.807, 2.05) is 44.4 Å². The first-order valence-corrected chi connectivity index (χ1v) is 11.6. The minimum Gasteiger partial charge on any atom is -0.478 e. The minimum atomic E-state index is -0.367. The number of rotatable bonds is 8. The lowest BCUT2D eigenvalue weighted by molar-refractivity contribution is 0.258. The number of amides is 2. The summed E-state index contributed by atoms with van der Waals surface area (Å²) in [4.78, 5) is 29.8. The lowest BCUT2D eigenvalue weighted by Gasteiger charge is -2.17. The van der Waals surface area contributed by atoms with Crippen LogP contribution in [-0.2, 0) is 0 Å². The van der Waals surface area contributed by atoms with Crippen LogP contribution in [0.1, 0.15) is 6.42 Å². The van der Waals surface area contributed by atoms with Gasteiger partial charge in [-0.25, -0.2) is 14.8 Å². The summed E-state index contributed by atoms with van der Waals surface area (Å²) in [5, 5.41) is 3.25. The van der Waals surface area contributed by atoms with Gasteiger partial charge in [0.25, 0.3) is 0 Å². The van der Waals surface area contributed by atoms with Gasteiger partial charge in [-0.1, -0.05) is 29.8 Å². The van der Waals surface area contributed by atoms with Crippen molar-refractivity contribution >= 4 is 40.2 Å². The molecule has 2 aromatic heterocycles. The Morgan fingerprint density at radius 1 is 0.971 bits per heavy atom. The van der Waals surface area contributed by atoms with Gasteiger partial charge in [0.05, 0.1) is 34.5 Å². The smallest absolute Gasteiger partial charge is 0.327 e. The molecule has 0 bridgehead atoms. The SMILES string of the molecule is CN(C)CCCOc1ccc(-c2ccc3ncc(N(C)C(=O)Nc4ccccc4Cl)nc3c2)cn1. The summed E-state index contributed by atoms with van der Waals surface area (Å²) in [6, 6.07) is 16.3. The summed E-state index contributed by atoms with van der Waals surface area (Å²) in [5.41, 5.74) is 3.80. The summed E-state index contributed by atoms with van der Waals surface area (Å²) in [7, 11) is 5.71. The molecule has 9 heteroatoms. The first-order valence-electron chi connectivity index (χ1n) is 11.2. The zero-order valence-corrected chi connectivity index (χ0v) is 20.7. The summed E-state index contributed by atoms with van der Waals surface area (Å²) in [6.45, 7) is 1.59. The highest BCUT2D eigenvalue weighted by molar-refractivity contribution is 6.33. The molecule has 2 aromatic carbocycles. The van der Waals surface area contributed by atoms with Gasteiger partial charge in [0, 0.05) is 31.4 Å². The Balaban J connectivity index is 1.48. The van der Waals surface area contributed by atoms with E-state index in [9.17, 15) is 4.79 Å². The number of hydrogen-bond acceptors (Lipinski definition) is 6. The zero-order chi connectivity index (χ0) is 24.8. The predicted molar refractivity (Wildman–Crippen MR) is 140 cm³/mol. The first-order chi connectivity index (χ1) is 16.9. The van der Waals surface area contributed by atoms with Crippen molar-refractivity contribution in [2.45, 2.75) is 6.42 Å². The molecule has 0 aliphatic carbocycles. The van der Waals surface area contributed by atoms with E-state index < -0.39 is 0 Å². The number of aromatic nitrogens is 3. The number of pyridine rings is 1. The Hall–Kier alpha value is -3.75. The van der Waals surface area contributed by atoms with Crippen LogP contribution in [0.25, 0.3) is 22.2 Å². The molecule has 0 unspecified atom stereocenters. The summed E-state index contributed by atoms with van der Waals surface area (Å²) in [5.74, 6) is 1.01. The Morgan fingerprint density at radius 3 is 2.51 bits per heavy atom. The van der Waals surface area contributed by atoms with Gasteiger partial charge >= 0.3 is 6.03 Å². The number of anilines is 2. The van der Waals surface area contributed by atoms with Crippen LogP contribution >= 0.6 is 11.6 Å². The normalized spacial score (nSPS) is 11.0. The van der Waals surface area contributed by atoms with E-state index >= 15 is 0 Å². The van der Waals surface area contributed by atoms with E-state index in [0.29, 0.717) is 34.5 Å². The molecular formula is C26H27ClN6O2. The molecule has 4 rings (SSSR count). The lowest BCUT2D eigenvalue weighted by atomic mass is 10.1. The predicted octanol–water partition coefficient (Wildman–Crippen LogP) is 5.34. The number of halogens is 1. The third-order valence-corrected chi connectivity index (χ3v) is 5.69. The monoisotopic (exact) mass is 490 g/mol. The second kappa shape index (κ2) is 11.1. The molecule has 0 aliphatic heterocycles. The van der Waals surface area contributed by atoms with Gasteiger partial charge in [-0.3, -0.25) is 9.88 Å². The maximum atomic E-state index is 12.7. The fourth-order valence-corrected chi connectivity index (χ4v) is 3.59. The molecule has 0 saturated heterocycles. The van der Waals surface area contributed by atoms with E-state index in [4.69, 9.17) is 16.3 Å². The van der Waals surface area contributed by atoms with Crippen molar-refractivity contribution in [3.8, 4) is 17.0 Å². The number of hydrogen-bond donors (Lipinski definition) is 1. The number of urea groups is 1. The van der Waals surface area contributed by atoms with Gasteiger partial charge in [0.2, 0.25) is 5.88 Å². The molecule has 180 valence electrons. The van der Waals surface area contributed by atoms with Crippen LogP contribution in [0.2, 0.25) is 5.02 Å². The van der Waals surface area contributed by atoms with Gasteiger partial charge in [-0.05, 0) is 56.4 Å². The van der Waals surface area contributed by atoms with Crippen molar-refractivity contribution in [3.05, 3.63) is 72.0 Å². The van der Waals surface area contributed by atoms with Crippen molar-refractivity contribution in [1.29, 1.82) is 0 Å². The van der Waals surface area contributed by atoms with Crippen LogP contribution in [0.5, 0.6) is 5.88 Å². The largest absolute Gasteiger partial charge is 0.478 e. The molecule has 0 spiro atoms. The molecule has 0 radical (unpaired) electrons. The lowest BCUT2D eigenvalue weighted by Crippen LogP contribution is -2.32. The molecular weight excluding hydrogens is 464 g/mol. The number of carbonyl (C=O) groups is 1. The molecule has 0 saturated carbocycles. The molecule has 0 atom stereocenters. The van der Waals surface area contributed by atoms with Gasteiger partial charge in [0.1, 0.15) is 0 Å². The maximum absolute atomic E-state index is 12.7. The zero-order valence-electron chi connectivity index (χ0n) is 19.9. The highest BCUT2D eigenvalue weighted by atomic mass is 35.5. The highest BCUT2D eigenvalue weighted by Crippen LogP contribution is 2.25. The first kappa shape index (κ1) is 24.4. The van der Waals surface area contributed by atoms with E-state index in [1.165, 1.54) is 4.90 Å². The Morgan fingerprint density at radius 2 is 1.77 bits per heavy atom. The Kier molecular flexibility index (Phi) is 7.74. The molecule has 4 aromatic rings. The van der Waals surface area contributed by atoms with E-state index in [0.717, 1.165) is 29.6 Å². The van der Waals surface area contributed by atoms with Crippen LogP contribution < -0.4 is 15.0 Å². The molecule has 8 nitrogen and oxygen atoms in total. The molecule has 35 heavy (non-hydrogen) atoms. The van der Waals surface area contributed by atoms with Crippen LogP contribution in [0.4, 0.5) is 16.3 Å². The fraction of sp³-hybridized carbons (Fsp3) is 0.231. The number of nitrogens with one attached hydrogen (secondary N) is 1. The molecule has 0 fully saturated rings. The van der Waals surface area contributed by atoms with Crippen molar-refractivity contribution in [2.24, 2.45) is 0 Å². The number of fused-ring (bicyclic) bond motifs is 1. The summed E-state index contributed by atoms with van der Waals surface area (Å²) < 4.78 is 5.72. The summed E-state index contributed by atoms with van der Waals surface area (Å²) >= 11 is 6.15. The Bertz CT molecular complexity index is 1310. The third kappa shape index (κ3) is 6.23. The van der Waals surface area contributed by atoms with Gasteiger partial charge in [-0.15, -0.1) is 0 Å². The van der Waals surface area contributed by atoms with Gasteiger partial charge in [0.15, 0.2) is 5.82 Å². The van der Waals surface area contributed by atoms with E-state index in [2.05, 4.69) is 25.2 Å². The average Bonchev–Trinajstić information content (AvgIpc) is 2.87. The average molecular weight is 491 g/mol. The number of nitrogens with zero attached hydrogens (tertiary/aromatic N) is 5. The van der Waals surface area contributed by atoms with E-state index in [1.54, 1.807) is 43.7 Å². The second-order valence-electron chi connectivity index (χ2n) is 8.29. The quantitative estimate of drug-likeness (QED) is 0.335. The minimum absolute atomic E-state index is 0.367. The van der Waals surface area contributed by atoms with Gasteiger partial charge < -0.3 is 15.0 Å².